The lowest BCUT2D eigenvalue weighted by Crippen LogP contribution is -2.06. The van der Waals surface area contributed by atoms with Gasteiger partial charge in [-0.15, -0.1) is 0 Å². The second kappa shape index (κ2) is 6.39. The van der Waals surface area contributed by atoms with Crippen molar-refractivity contribution < 1.29 is 8.81 Å². The van der Waals surface area contributed by atoms with Crippen LogP contribution in [0.15, 0.2) is 69.9 Å². The van der Waals surface area contributed by atoms with Crippen LogP contribution in [0, 0.1) is 17.1 Å². The average Bonchev–Trinajstić information content (AvgIpc) is 2.67. The SMILES string of the molecule is N#Cc1c(-c2ccc(F)cc2)cc(-c2cc3ccccc3oc2=O)nc1N. The summed E-state index contributed by atoms with van der Waals surface area (Å²) in [5, 5.41) is 10.2. The van der Waals surface area contributed by atoms with Crippen LogP contribution < -0.4 is 11.4 Å². The molecular formula is C21H12FN3O2. The fraction of sp³-hybridized carbons (Fsp3) is 0. The zero-order valence-electron chi connectivity index (χ0n) is 13.9. The van der Waals surface area contributed by atoms with Crippen LogP contribution in [0.1, 0.15) is 5.56 Å². The number of para-hydroxylation sites is 1. The van der Waals surface area contributed by atoms with E-state index >= 15 is 0 Å². The zero-order valence-corrected chi connectivity index (χ0v) is 13.9. The van der Waals surface area contributed by atoms with Gasteiger partial charge in [-0.2, -0.15) is 5.26 Å². The van der Waals surface area contributed by atoms with Crippen LogP contribution in [0.2, 0.25) is 0 Å². The molecule has 0 unspecified atom stereocenters. The quantitative estimate of drug-likeness (QED) is 0.545. The summed E-state index contributed by atoms with van der Waals surface area (Å²) in [7, 11) is 0. The van der Waals surface area contributed by atoms with Gasteiger partial charge >= 0.3 is 5.63 Å². The van der Waals surface area contributed by atoms with Gasteiger partial charge in [-0.05, 0) is 35.9 Å². The maximum absolute atomic E-state index is 13.3. The first-order valence-electron chi connectivity index (χ1n) is 8.06. The van der Waals surface area contributed by atoms with Gasteiger partial charge in [0, 0.05) is 10.9 Å². The maximum atomic E-state index is 13.3. The molecule has 0 aliphatic rings. The minimum atomic E-state index is -0.560. The van der Waals surface area contributed by atoms with Crippen molar-refractivity contribution in [2.24, 2.45) is 0 Å². The third kappa shape index (κ3) is 2.92. The predicted molar refractivity (Wildman–Crippen MR) is 100 cm³/mol. The Morgan fingerprint density at radius 3 is 2.52 bits per heavy atom. The van der Waals surface area contributed by atoms with Crippen LogP contribution >= 0.6 is 0 Å². The molecule has 0 bridgehead atoms. The molecule has 0 atom stereocenters. The average molecular weight is 357 g/mol. The molecule has 27 heavy (non-hydrogen) atoms. The standard InChI is InChI=1S/C21H12FN3O2/c22-14-7-5-12(6-8-14)15-10-18(25-20(24)17(15)11-23)16-9-13-3-1-2-4-19(13)27-21(16)26/h1-10H,(H2,24,25). The Hall–Kier alpha value is -3.98. The molecule has 4 aromatic rings. The first-order valence-corrected chi connectivity index (χ1v) is 8.06. The van der Waals surface area contributed by atoms with Crippen molar-refractivity contribution in [3.8, 4) is 28.5 Å². The Bertz CT molecular complexity index is 1270. The third-order valence-corrected chi connectivity index (χ3v) is 4.23. The summed E-state index contributed by atoms with van der Waals surface area (Å²) in [4.78, 5) is 16.6. The number of nitrogens with two attached hydrogens (primary N) is 1. The molecule has 2 aromatic heterocycles. The molecule has 0 amide bonds. The maximum Gasteiger partial charge on any atom is 0.345 e. The molecule has 0 spiro atoms. The van der Waals surface area contributed by atoms with Crippen molar-refractivity contribution in [2.75, 3.05) is 5.73 Å². The number of nitriles is 1. The lowest BCUT2D eigenvalue weighted by Gasteiger charge is -2.10. The Balaban J connectivity index is 1.97. The first kappa shape index (κ1) is 16.5. The van der Waals surface area contributed by atoms with Gasteiger partial charge in [-0.3, -0.25) is 0 Å². The summed E-state index contributed by atoms with van der Waals surface area (Å²) in [5.74, 6) is -0.406. The molecule has 0 radical (unpaired) electrons. The van der Waals surface area contributed by atoms with Crippen molar-refractivity contribution in [2.45, 2.75) is 0 Å². The summed E-state index contributed by atoms with van der Waals surface area (Å²) < 4.78 is 18.6. The molecule has 130 valence electrons. The lowest BCUT2D eigenvalue weighted by atomic mass is 9.98. The van der Waals surface area contributed by atoms with E-state index < -0.39 is 11.4 Å². The van der Waals surface area contributed by atoms with Crippen molar-refractivity contribution in [1.82, 2.24) is 4.98 Å². The molecule has 0 saturated carbocycles. The number of aromatic nitrogens is 1. The van der Waals surface area contributed by atoms with Crippen LogP contribution in [-0.4, -0.2) is 4.98 Å². The number of fused-ring (bicyclic) bond motifs is 1. The Morgan fingerprint density at radius 1 is 1.04 bits per heavy atom. The van der Waals surface area contributed by atoms with Gasteiger partial charge < -0.3 is 10.2 Å². The summed E-state index contributed by atoms with van der Waals surface area (Å²) >= 11 is 0. The minimum absolute atomic E-state index is 0.0121. The number of pyridine rings is 1. The number of rotatable bonds is 2. The Labute approximate surface area is 153 Å². The van der Waals surface area contributed by atoms with Crippen molar-refractivity contribution in [1.29, 1.82) is 5.26 Å². The van der Waals surface area contributed by atoms with Crippen LogP contribution in [0.25, 0.3) is 33.4 Å². The highest BCUT2D eigenvalue weighted by atomic mass is 19.1. The molecular weight excluding hydrogens is 345 g/mol. The van der Waals surface area contributed by atoms with E-state index in [1.807, 2.05) is 18.2 Å². The van der Waals surface area contributed by atoms with Crippen LogP contribution in [0.4, 0.5) is 10.2 Å². The summed E-state index contributed by atoms with van der Waals surface area (Å²) in [6.45, 7) is 0. The van der Waals surface area contributed by atoms with Gasteiger partial charge in [0.05, 0.1) is 11.3 Å². The monoisotopic (exact) mass is 357 g/mol. The summed E-state index contributed by atoms with van der Waals surface area (Å²) in [6.07, 6.45) is 0. The van der Waals surface area contributed by atoms with E-state index in [9.17, 15) is 14.4 Å². The van der Waals surface area contributed by atoms with Crippen molar-refractivity contribution in [3.63, 3.8) is 0 Å². The van der Waals surface area contributed by atoms with Gasteiger partial charge in [0.2, 0.25) is 0 Å². The van der Waals surface area contributed by atoms with E-state index in [1.165, 1.54) is 24.3 Å². The van der Waals surface area contributed by atoms with Crippen LogP contribution in [0.5, 0.6) is 0 Å². The zero-order chi connectivity index (χ0) is 19.0. The number of nitrogens with zero attached hydrogens (tertiary/aromatic N) is 2. The Morgan fingerprint density at radius 2 is 1.78 bits per heavy atom. The smallest absolute Gasteiger partial charge is 0.345 e. The molecule has 0 saturated heterocycles. The first-order chi connectivity index (χ1) is 13.1. The summed E-state index contributed by atoms with van der Waals surface area (Å²) in [6, 6.07) is 18.0. The van der Waals surface area contributed by atoms with Gasteiger partial charge in [-0.25, -0.2) is 14.2 Å². The fourth-order valence-electron chi connectivity index (χ4n) is 2.92. The second-order valence-electron chi connectivity index (χ2n) is 5.92. The highest BCUT2D eigenvalue weighted by Gasteiger charge is 2.16. The molecule has 2 N–H and O–H groups in total. The van der Waals surface area contributed by atoms with E-state index in [0.29, 0.717) is 16.7 Å². The number of benzene rings is 2. The molecule has 0 aliphatic heterocycles. The van der Waals surface area contributed by atoms with Crippen LogP contribution in [-0.2, 0) is 0 Å². The Kier molecular flexibility index (Phi) is 3.90. The van der Waals surface area contributed by atoms with Gasteiger partial charge in [-0.1, -0.05) is 30.3 Å². The molecule has 2 aromatic carbocycles. The number of halogens is 1. The molecule has 0 fully saturated rings. The highest BCUT2D eigenvalue weighted by Crippen LogP contribution is 2.31. The fourth-order valence-corrected chi connectivity index (χ4v) is 2.92. The van der Waals surface area contributed by atoms with E-state index in [0.717, 1.165) is 5.39 Å². The largest absolute Gasteiger partial charge is 0.422 e. The van der Waals surface area contributed by atoms with E-state index in [1.54, 1.807) is 24.3 Å². The van der Waals surface area contributed by atoms with E-state index in [-0.39, 0.29) is 22.6 Å². The van der Waals surface area contributed by atoms with E-state index in [2.05, 4.69) is 4.98 Å². The van der Waals surface area contributed by atoms with Crippen molar-refractivity contribution >= 4 is 16.8 Å². The topological polar surface area (TPSA) is 92.9 Å². The predicted octanol–water partition coefficient (Wildman–Crippen LogP) is 4.11. The van der Waals surface area contributed by atoms with Crippen molar-refractivity contribution in [3.05, 3.63) is 82.5 Å². The van der Waals surface area contributed by atoms with Gasteiger partial charge in [0.1, 0.15) is 28.9 Å². The minimum Gasteiger partial charge on any atom is -0.422 e. The number of nitrogen functional groups attached to an aromatic ring is 1. The molecule has 5 nitrogen and oxygen atoms in total. The summed E-state index contributed by atoms with van der Waals surface area (Å²) in [5.41, 5.74) is 7.60. The molecule has 6 heteroatoms. The van der Waals surface area contributed by atoms with E-state index in [4.69, 9.17) is 10.2 Å². The number of hydrogen-bond donors (Lipinski definition) is 1. The third-order valence-electron chi connectivity index (χ3n) is 4.23. The number of hydrogen-bond acceptors (Lipinski definition) is 5. The molecule has 2 heterocycles. The second-order valence-corrected chi connectivity index (χ2v) is 5.92. The molecule has 0 aliphatic carbocycles. The van der Waals surface area contributed by atoms with Crippen LogP contribution in [0.3, 0.4) is 0 Å². The number of anilines is 1. The molecule has 4 rings (SSSR count). The normalized spacial score (nSPS) is 10.7. The lowest BCUT2D eigenvalue weighted by molar-refractivity contribution is 0.563. The van der Waals surface area contributed by atoms with Gasteiger partial charge in [0.15, 0.2) is 0 Å². The van der Waals surface area contributed by atoms with Gasteiger partial charge in [0.25, 0.3) is 0 Å². The highest BCUT2D eigenvalue weighted by molar-refractivity contribution is 5.84.